The van der Waals surface area contributed by atoms with Crippen molar-refractivity contribution in [3.05, 3.63) is 18.2 Å². The minimum absolute atomic E-state index is 0.516. The van der Waals surface area contributed by atoms with Crippen molar-refractivity contribution in [3.63, 3.8) is 0 Å². The van der Waals surface area contributed by atoms with E-state index in [0.717, 1.165) is 6.54 Å². The first-order chi connectivity index (χ1) is 7.57. The van der Waals surface area contributed by atoms with E-state index in [1.54, 1.807) is 0 Å². The fourth-order valence-electron chi connectivity index (χ4n) is 2.68. The van der Waals surface area contributed by atoms with Gasteiger partial charge in [-0.3, -0.25) is 0 Å². The predicted molar refractivity (Wildman–Crippen MR) is 66.1 cm³/mol. The highest BCUT2D eigenvalue weighted by Gasteiger charge is 2.27. The molecule has 0 amide bonds. The molecular formula is C13H23N3. The molecule has 0 radical (unpaired) electrons. The van der Waals surface area contributed by atoms with E-state index < -0.39 is 0 Å². The highest BCUT2D eigenvalue weighted by molar-refractivity contribution is 4.97. The maximum absolute atomic E-state index is 4.14. The molecule has 2 rings (SSSR count). The van der Waals surface area contributed by atoms with Crippen molar-refractivity contribution in [2.24, 2.45) is 12.5 Å². The Hall–Kier alpha value is -0.830. The normalized spacial score (nSPS) is 24.6. The zero-order valence-corrected chi connectivity index (χ0v) is 10.7. The van der Waals surface area contributed by atoms with Gasteiger partial charge in [0.05, 0.1) is 12.0 Å². The lowest BCUT2D eigenvalue weighted by atomic mass is 9.75. The number of aromatic nitrogens is 2. The lowest BCUT2D eigenvalue weighted by Gasteiger charge is -2.35. The Labute approximate surface area is 98.3 Å². The van der Waals surface area contributed by atoms with Gasteiger partial charge >= 0.3 is 0 Å². The van der Waals surface area contributed by atoms with Crippen molar-refractivity contribution in [2.75, 3.05) is 0 Å². The molecule has 1 unspecified atom stereocenters. The molecule has 3 nitrogen and oxygen atoms in total. The summed E-state index contributed by atoms with van der Waals surface area (Å²) >= 11 is 0. The van der Waals surface area contributed by atoms with Crippen LogP contribution in [0.3, 0.4) is 0 Å². The molecule has 90 valence electrons. The largest absolute Gasteiger partial charge is 0.337 e. The highest BCUT2D eigenvalue weighted by atomic mass is 15.0. The average molecular weight is 221 g/mol. The van der Waals surface area contributed by atoms with Crippen molar-refractivity contribution < 1.29 is 0 Å². The molecule has 1 fully saturated rings. The highest BCUT2D eigenvalue weighted by Crippen LogP contribution is 2.35. The fourth-order valence-corrected chi connectivity index (χ4v) is 2.68. The number of hydrogen-bond acceptors (Lipinski definition) is 2. The van der Waals surface area contributed by atoms with Crippen LogP contribution < -0.4 is 5.32 Å². The van der Waals surface area contributed by atoms with E-state index in [0.29, 0.717) is 11.5 Å². The van der Waals surface area contributed by atoms with Gasteiger partial charge in [-0.1, -0.05) is 20.3 Å². The van der Waals surface area contributed by atoms with Crippen molar-refractivity contribution >= 4 is 0 Å². The van der Waals surface area contributed by atoms with Crippen LogP contribution in [0.1, 0.15) is 45.2 Å². The zero-order chi connectivity index (χ0) is 11.6. The predicted octanol–water partition coefficient (Wildman–Crippen LogP) is 2.48. The van der Waals surface area contributed by atoms with Crippen molar-refractivity contribution in [1.82, 2.24) is 14.9 Å². The van der Waals surface area contributed by atoms with Crippen molar-refractivity contribution in [1.29, 1.82) is 0 Å². The van der Waals surface area contributed by atoms with Crippen LogP contribution in [0.4, 0.5) is 0 Å². The Morgan fingerprint density at radius 2 is 2.38 bits per heavy atom. The van der Waals surface area contributed by atoms with Gasteiger partial charge in [0.15, 0.2) is 0 Å². The van der Waals surface area contributed by atoms with E-state index in [9.17, 15) is 0 Å². The second-order valence-electron chi connectivity index (χ2n) is 5.83. The summed E-state index contributed by atoms with van der Waals surface area (Å²) in [6.45, 7) is 5.70. The smallest absolute Gasteiger partial charge is 0.0945 e. The van der Waals surface area contributed by atoms with Crippen LogP contribution in [0.5, 0.6) is 0 Å². The molecule has 16 heavy (non-hydrogen) atoms. The molecule has 0 aromatic carbocycles. The Balaban J connectivity index is 1.84. The van der Waals surface area contributed by atoms with Gasteiger partial charge in [-0.2, -0.15) is 0 Å². The lowest BCUT2D eigenvalue weighted by molar-refractivity contribution is 0.197. The second-order valence-corrected chi connectivity index (χ2v) is 5.83. The molecule has 1 heterocycles. The van der Waals surface area contributed by atoms with Gasteiger partial charge < -0.3 is 9.88 Å². The summed E-state index contributed by atoms with van der Waals surface area (Å²) in [5.74, 6) is 0. The van der Waals surface area contributed by atoms with Crippen LogP contribution in [0, 0.1) is 5.41 Å². The minimum Gasteiger partial charge on any atom is -0.337 e. The first kappa shape index (κ1) is 11.6. The van der Waals surface area contributed by atoms with Gasteiger partial charge in [-0.05, 0) is 24.7 Å². The number of nitrogens with zero attached hydrogens (tertiary/aromatic N) is 2. The van der Waals surface area contributed by atoms with Crippen LogP contribution in [0.25, 0.3) is 0 Å². The fraction of sp³-hybridized carbons (Fsp3) is 0.769. The van der Waals surface area contributed by atoms with E-state index in [1.807, 2.05) is 12.5 Å². The summed E-state index contributed by atoms with van der Waals surface area (Å²) < 4.78 is 2.08. The van der Waals surface area contributed by atoms with Crippen LogP contribution in [0.2, 0.25) is 0 Å². The Morgan fingerprint density at radius 1 is 1.56 bits per heavy atom. The molecule has 0 aliphatic heterocycles. The third kappa shape index (κ3) is 2.85. The topological polar surface area (TPSA) is 29.9 Å². The van der Waals surface area contributed by atoms with Gasteiger partial charge in [0.1, 0.15) is 0 Å². The molecule has 0 saturated heterocycles. The van der Waals surface area contributed by atoms with E-state index in [2.05, 4.69) is 35.8 Å². The SMILES string of the molecule is Cn1cncc1CNC1CCCC(C)(C)C1. The number of rotatable bonds is 3. The van der Waals surface area contributed by atoms with Crippen molar-refractivity contribution in [3.8, 4) is 0 Å². The van der Waals surface area contributed by atoms with Gasteiger partial charge in [0.2, 0.25) is 0 Å². The zero-order valence-electron chi connectivity index (χ0n) is 10.7. The quantitative estimate of drug-likeness (QED) is 0.850. The summed E-state index contributed by atoms with van der Waals surface area (Å²) in [4.78, 5) is 4.14. The first-order valence-corrected chi connectivity index (χ1v) is 6.25. The Bertz CT molecular complexity index is 341. The van der Waals surface area contributed by atoms with E-state index >= 15 is 0 Å². The number of imidazole rings is 1. The maximum Gasteiger partial charge on any atom is 0.0945 e. The summed E-state index contributed by atoms with van der Waals surface area (Å²) in [5.41, 5.74) is 1.78. The van der Waals surface area contributed by atoms with Crippen LogP contribution in [-0.4, -0.2) is 15.6 Å². The number of hydrogen-bond donors (Lipinski definition) is 1. The monoisotopic (exact) mass is 221 g/mol. The summed E-state index contributed by atoms with van der Waals surface area (Å²) in [7, 11) is 2.05. The Morgan fingerprint density at radius 3 is 3.00 bits per heavy atom. The first-order valence-electron chi connectivity index (χ1n) is 6.25. The number of aryl methyl sites for hydroxylation is 1. The summed E-state index contributed by atoms with van der Waals surface area (Å²) in [6.07, 6.45) is 9.15. The van der Waals surface area contributed by atoms with E-state index in [4.69, 9.17) is 0 Å². The van der Waals surface area contributed by atoms with E-state index in [1.165, 1.54) is 31.4 Å². The molecule has 1 aliphatic rings. The van der Waals surface area contributed by atoms with Crippen LogP contribution >= 0.6 is 0 Å². The van der Waals surface area contributed by atoms with Crippen LogP contribution in [0.15, 0.2) is 12.5 Å². The number of nitrogens with one attached hydrogen (secondary N) is 1. The summed E-state index contributed by atoms with van der Waals surface area (Å²) in [6, 6.07) is 0.679. The molecule has 1 aliphatic carbocycles. The standard InChI is InChI=1S/C13H23N3/c1-13(2)6-4-5-11(7-13)15-9-12-8-14-10-16(12)3/h8,10-11,15H,4-7,9H2,1-3H3. The molecule has 1 saturated carbocycles. The molecule has 1 atom stereocenters. The third-order valence-electron chi connectivity index (χ3n) is 3.69. The lowest BCUT2D eigenvalue weighted by Crippen LogP contribution is -2.37. The Kier molecular flexibility index (Phi) is 3.33. The van der Waals surface area contributed by atoms with Gasteiger partial charge in [0, 0.05) is 25.8 Å². The van der Waals surface area contributed by atoms with Gasteiger partial charge in [0.25, 0.3) is 0 Å². The minimum atomic E-state index is 0.516. The molecular weight excluding hydrogens is 198 g/mol. The van der Waals surface area contributed by atoms with Crippen LogP contribution in [-0.2, 0) is 13.6 Å². The molecule has 1 aromatic rings. The molecule has 1 aromatic heterocycles. The average Bonchev–Trinajstić information content (AvgIpc) is 2.60. The molecule has 1 N–H and O–H groups in total. The van der Waals surface area contributed by atoms with Gasteiger partial charge in [-0.25, -0.2) is 4.98 Å². The van der Waals surface area contributed by atoms with E-state index in [-0.39, 0.29) is 0 Å². The van der Waals surface area contributed by atoms with Gasteiger partial charge in [-0.15, -0.1) is 0 Å². The molecule has 3 heteroatoms. The summed E-state index contributed by atoms with van der Waals surface area (Å²) in [5, 5.41) is 3.66. The van der Waals surface area contributed by atoms with Crippen molar-refractivity contribution in [2.45, 2.75) is 52.1 Å². The molecule has 0 bridgehead atoms. The molecule has 0 spiro atoms. The third-order valence-corrected chi connectivity index (χ3v) is 3.69. The maximum atomic E-state index is 4.14. The second kappa shape index (κ2) is 4.58.